The van der Waals surface area contributed by atoms with Crippen LogP contribution < -0.4 is 5.32 Å². The maximum absolute atomic E-state index is 12.8. The van der Waals surface area contributed by atoms with Crippen molar-refractivity contribution in [2.75, 3.05) is 13.2 Å². The Morgan fingerprint density at radius 2 is 2.04 bits per heavy atom. The molecule has 1 aromatic carbocycles. The summed E-state index contributed by atoms with van der Waals surface area (Å²) in [4.78, 5) is 17.0. The van der Waals surface area contributed by atoms with E-state index in [1.807, 2.05) is 6.07 Å². The van der Waals surface area contributed by atoms with Gasteiger partial charge in [-0.25, -0.2) is 0 Å². The molecule has 1 atom stereocenters. The molecule has 0 unspecified atom stereocenters. The van der Waals surface area contributed by atoms with Crippen molar-refractivity contribution in [1.82, 2.24) is 15.5 Å². The lowest BCUT2D eigenvalue weighted by Crippen LogP contribution is -2.47. The number of aromatic nitrogens is 2. The quantitative estimate of drug-likeness (QED) is 0.843. The lowest BCUT2D eigenvalue weighted by atomic mass is 9.66. The van der Waals surface area contributed by atoms with Gasteiger partial charge in [-0.1, -0.05) is 29.4 Å². The van der Waals surface area contributed by atoms with E-state index < -0.39 is 0 Å². The van der Waals surface area contributed by atoms with Crippen LogP contribution in [0.3, 0.4) is 0 Å². The van der Waals surface area contributed by atoms with E-state index in [4.69, 9.17) is 9.26 Å². The van der Waals surface area contributed by atoms with E-state index in [-0.39, 0.29) is 16.9 Å². The fourth-order valence-corrected chi connectivity index (χ4v) is 4.25. The van der Waals surface area contributed by atoms with Gasteiger partial charge in [-0.05, 0) is 44.7 Å². The summed E-state index contributed by atoms with van der Waals surface area (Å²) >= 11 is 0. The number of hydrogen-bond acceptors (Lipinski definition) is 5. The van der Waals surface area contributed by atoms with Gasteiger partial charge in [-0.2, -0.15) is 4.98 Å². The van der Waals surface area contributed by atoms with Crippen LogP contribution in [0.5, 0.6) is 0 Å². The van der Waals surface area contributed by atoms with Crippen LogP contribution in [-0.2, 0) is 21.4 Å². The van der Waals surface area contributed by atoms with Crippen molar-refractivity contribution < 1.29 is 14.1 Å². The number of aryl methyl sites for hydroxylation is 2. The van der Waals surface area contributed by atoms with Gasteiger partial charge in [-0.3, -0.25) is 4.79 Å². The van der Waals surface area contributed by atoms with Gasteiger partial charge in [0.2, 0.25) is 11.8 Å². The van der Waals surface area contributed by atoms with Crippen LogP contribution in [0.4, 0.5) is 0 Å². The second-order valence-corrected chi connectivity index (χ2v) is 8.14. The van der Waals surface area contributed by atoms with Crippen LogP contribution in [-0.4, -0.2) is 34.8 Å². The molecule has 0 spiro atoms. The zero-order chi connectivity index (χ0) is 19.5. The first-order chi connectivity index (χ1) is 12.8. The second-order valence-electron chi connectivity index (χ2n) is 8.14. The molecular formula is C21H29N3O3. The molecule has 0 saturated carbocycles. The maximum Gasteiger partial charge on any atom is 0.223 e. The fourth-order valence-electron chi connectivity index (χ4n) is 4.25. The molecule has 1 aromatic heterocycles. The van der Waals surface area contributed by atoms with Crippen molar-refractivity contribution >= 4 is 5.91 Å². The number of amides is 1. The fraction of sp³-hybridized carbons (Fsp3) is 0.571. The summed E-state index contributed by atoms with van der Waals surface area (Å²) < 4.78 is 10.9. The molecule has 6 heteroatoms. The molecule has 0 aliphatic carbocycles. The average Bonchev–Trinajstić information content (AvgIpc) is 2.99. The molecule has 2 aromatic rings. The molecule has 1 aliphatic rings. The summed E-state index contributed by atoms with van der Waals surface area (Å²) in [5.74, 6) is 1.21. The third-order valence-corrected chi connectivity index (χ3v) is 5.29. The van der Waals surface area contributed by atoms with Crippen molar-refractivity contribution in [3.63, 3.8) is 0 Å². The third-order valence-electron chi connectivity index (χ3n) is 5.29. The van der Waals surface area contributed by atoms with Crippen LogP contribution in [0.25, 0.3) is 0 Å². The van der Waals surface area contributed by atoms with Gasteiger partial charge in [0.1, 0.15) is 0 Å². The van der Waals surface area contributed by atoms with E-state index in [9.17, 15) is 4.79 Å². The SMILES string of the molecule is Cc1nc(CCNC(=O)C[C@]2(c3ccccc3C)CCOC(C)(C)C2)no1. The highest BCUT2D eigenvalue weighted by atomic mass is 16.5. The van der Waals surface area contributed by atoms with Crippen molar-refractivity contribution in [2.45, 2.75) is 64.4 Å². The number of nitrogens with one attached hydrogen (secondary N) is 1. The summed E-state index contributed by atoms with van der Waals surface area (Å²) in [5.41, 5.74) is 2.03. The summed E-state index contributed by atoms with van der Waals surface area (Å²) in [6, 6.07) is 8.38. The Hall–Kier alpha value is -2.21. The smallest absolute Gasteiger partial charge is 0.223 e. The molecule has 0 radical (unpaired) electrons. The van der Waals surface area contributed by atoms with E-state index in [1.165, 1.54) is 11.1 Å². The van der Waals surface area contributed by atoms with E-state index in [0.717, 1.165) is 12.8 Å². The van der Waals surface area contributed by atoms with Crippen LogP contribution in [0.15, 0.2) is 28.8 Å². The standard InChI is InChI=1S/C21H29N3O3/c1-15-7-5-6-8-17(15)21(10-12-26-20(3,4)14-21)13-19(25)22-11-9-18-23-16(2)27-24-18/h5-8H,9-14H2,1-4H3,(H,22,25)/t21-/m1/s1. The molecule has 1 fully saturated rings. The van der Waals surface area contributed by atoms with E-state index in [1.54, 1.807) is 6.92 Å². The Morgan fingerprint density at radius 3 is 2.70 bits per heavy atom. The third kappa shape index (κ3) is 4.75. The molecule has 1 aliphatic heterocycles. The molecule has 27 heavy (non-hydrogen) atoms. The molecule has 1 saturated heterocycles. The van der Waals surface area contributed by atoms with Gasteiger partial charge in [0.25, 0.3) is 0 Å². The summed E-state index contributed by atoms with van der Waals surface area (Å²) in [5, 5.41) is 6.89. The normalized spacial score (nSPS) is 21.8. The zero-order valence-corrected chi connectivity index (χ0v) is 16.7. The van der Waals surface area contributed by atoms with Gasteiger partial charge in [0.15, 0.2) is 5.82 Å². The lowest BCUT2D eigenvalue weighted by molar-refractivity contribution is -0.126. The summed E-state index contributed by atoms with van der Waals surface area (Å²) in [7, 11) is 0. The summed E-state index contributed by atoms with van der Waals surface area (Å²) in [6.45, 7) is 9.26. The Morgan fingerprint density at radius 1 is 1.26 bits per heavy atom. The highest BCUT2D eigenvalue weighted by molar-refractivity contribution is 5.77. The molecule has 0 bridgehead atoms. The van der Waals surface area contributed by atoms with Crippen LogP contribution >= 0.6 is 0 Å². The minimum Gasteiger partial charge on any atom is -0.376 e. The lowest BCUT2D eigenvalue weighted by Gasteiger charge is -2.45. The predicted molar refractivity (Wildman–Crippen MR) is 102 cm³/mol. The first-order valence-electron chi connectivity index (χ1n) is 9.56. The number of nitrogens with zero attached hydrogens (tertiary/aromatic N) is 2. The average molecular weight is 371 g/mol. The first-order valence-corrected chi connectivity index (χ1v) is 9.56. The molecule has 146 valence electrons. The predicted octanol–water partition coefficient (Wildman–Crippen LogP) is 3.26. The molecule has 2 heterocycles. The largest absolute Gasteiger partial charge is 0.376 e. The summed E-state index contributed by atoms with van der Waals surface area (Å²) in [6.07, 6.45) is 2.69. The van der Waals surface area contributed by atoms with Crippen LogP contribution in [0.2, 0.25) is 0 Å². The Labute approximate surface area is 160 Å². The Bertz CT molecular complexity index is 799. The number of ether oxygens (including phenoxy) is 1. The van der Waals surface area contributed by atoms with Gasteiger partial charge < -0.3 is 14.6 Å². The molecule has 1 amide bonds. The van der Waals surface area contributed by atoms with Crippen molar-refractivity contribution in [1.29, 1.82) is 0 Å². The van der Waals surface area contributed by atoms with E-state index in [2.05, 4.69) is 54.4 Å². The van der Waals surface area contributed by atoms with Crippen molar-refractivity contribution in [2.24, 2.45) is 0 Å². The number of benzene rings is 1. The van der Waals surface area contributed by atoms with Gasteiger partial charge in [-0.15, -0.1) is 0 Å². The highest BCUT2D eigenvalue weighted by Gasteiger charge is 2.44. The van der Waals surface area contributed by atoms with Gasteiger partial charge in [0.05, 0.1) is 5.60 Å². The molecule has 3 rings (SSSR count). The monoisotopic (exact) mass is 371 g/mol. The number of rotatable bonds is 6. The minimum atomic E-state index is -0.247. The molecule has 1 N–H and O–H groups in total. The van der Waals surface area contributed by atoms with E-state index in [0.29, 0.717) is 37.7 Å². The number of carbonyl (C=O) groups is 1. The Balaban J connectivity index is 1.71. The molecular weight excluding hydrogens is 342 g/mol. The zero-order valence-electron chi connectivity index (χ0n) is 16.7. The minimum absolute atomic E-state index is 0.0520. The van der Waals surface area contributed by atoms with Gasteiger partial charge >= 0.3 is 0 Å². The topological polar surface area (TPSA) is 77.2 Å². The van der Waals surface area contributed by atoms with Crippen molar-refractivity contribution in [3.8, 4) is 0 Å². The highest BCUT2D eigenvalue weighted by Crippen LogP contribution is 2.45. The second kappa shape index (κ2) is 7.80. The van der Waals surface area contributed by atoms with Crippen LogP contribution in [0, 0.1) is 13.8 Å². The number of carbonyl (C=O) groups excluding carboxylic acids is 1. The van der Waals surface area contributed by atoms with Gasteiger partial charge in [0, 0.05) is 38.3 Å². The Kier molecular flexibility index (Phi) is 5.65. The van der Waals surface area contributed by atoms with E-state index >= 15 is 0 Å². The maximum atomic E-state index is 12.8. The van der Waals surface area contributed by atoms with Crippen LogP contribution in [0.1, 0.15) is 56.0 Å². The van der Waals surface area contributed by atoms with Crippen molar-refractivity contribution in [3.05, 3.63) is 47.1 Å². The number of hydrogen-bond donors (Lipinski definition) is 1. The first kappa shape index (κ1) is 19.5. The molecule has 6 nitrogen and oxygen atoms in total.